The van der Waals surface area contributed by atoms with Gasteiger partial charge in [0.15, 0.2) is 0 Å². The summed E-state index contributed by atoms with van der Waals surface area (Å²) in [5.74, 6) is 0. The van der Waals surface area contributed by atoms with Crippen LogP contribution in [0, 0.1) is 6.92 Å². The maximum Gasteiger partial charge on any atom is -0.00660 e. The van der Waals surface area contributed by atoms with Crippen molar-refractivity contribution in [2.75, 3.05) is 0 Å². The van der Waals surface area contributed by atoms with Crippen LogP contribution >= 0.6 is 0 Å². The molecule has 86 valence electrons. The van der Waals surface area contributed by atoms with E-state index < -0.39 is 0 Å². The van der Waals surface area contributed by atoms with Gasteiger partial charge in [-0.1, -0.05) is 32.9 Å². The van der Waals surface area contributed by atoms with Gasteiger partial charge < -0.3 is 0 Å². The van der Waals surface area contributed by atoms with E-state index in [-0.39, 0.29) is 0 Å². The molecule has 0 aromatic heterocycles. The zero-order valence-corrected chi connectivity index (χ0v) is 11.0. The number of benzene rings is 1. The third-order valence-electron chi connectivity index (χ3n) is 5.11. The van der Waals surface area contributed by atoms with E-state index in [1.807, 2.05) is 0 Å². The Kier molecular flexibility index (Phi) is 1.89. The van der Waals surface area contributed by atoms with E-state index in [4.69, 9.17) is 0 Å². The van der Waals surface area contributed by atoms with Crippen LogP contribution in [0.5, 0.6) is 0 Å². The first-order chi connectivity index (χ1) is 7.44. The Morgan fingerprint density at radius 3 is 2.50 bits per heavy atom. The highest BCUT2D eigenvalue weighted by molar-refractivity contribution is 5.52. The maximum absolute atomic E-state index is 2.48. The Labute approximate surface area is 99.1 Å². The summed E-state index contributed by atoms with van der Waals surface area (Å²) in [6.07, 6.45) is 5.40. The third kappa shape index (κ3) is 1.16. The molecule has 0 bridgehead atoms. The quantitative estimate of drug-likeness (QED) is 0.605. The lowest BCUT2D eigenvalue weighted by atomic mass is 9.63. The highest BCUT2D eigenvalue weighted by Crippen LogP contribution is 2.53. The van der Waals surface area contributed by atoms with Gasteiger partial charge >= 0.3 is 0 Å². The molecular weight excluding hydrogens is 192 g/mol. The van der Waals surface area contributed by atoms with Gasteiger partial charge in [0.05, 0.1) is 0 Å². The van der Waals surface area contributed by atoms with Crippen LogP contribution in [0.3, 0.4) is 0 Å². The molecule has 0 heterocycles. The van der Waals surface area contributed by atoms with E-state index in [1.165, 1.54) is 31.2 Å². The summed E-state index contributed by atoms with van der Waals surface area (Å²) in [6.45, 7) is 9.59. The Balaban J connectivity index is 2.33. The van der Waals surface area contributed by atoms with E-state index in [2.05, 4.69) is 39.8 Å². The molecule has 16 heavy (non-hydrogen) atoms. The first-order valence-corrected chi connectivity index (χ1v) is 6.57. The number of hydrogen-bond acceptors (Lipinski definition) is 0. The van der Waals surface area contributed by atoms with Crippen molar-refractivity contribution in [1.82, 2.24) is 0 Å². The highest BCUT2D eigenvalue weighted by Gasteiger charge is 2.44. The van der Waals surface area contributed by atoms with E-state index in [1.54, 1.807) is 16.7 Å². The standard InChI is InChI=1S/C16H22/c1-11-5-6-13-14-12(11)7-8-16(14,4)10-9-15(13,2)3/h5-6H,7-10H2,1-4H3. The molecule has 1 atom stereocenters. The lowest BCUT2D eigenvalue weighted by Crippen LogP contribution is -2.33. The summed E-state index contributed by atoms with van der Waals surface area (Å²) in [5, 5.41) is 0. The minimum Gasteiger partial charge on any atom is -0.0587 e. The molecule has 1 aromatic rings. The Morgan fingerprint density at radius 2 is 1.75 bits per heavy atom. The van der Waals surface area contributed by atoms with Gasteiger partial charge in [-0.3, -0.25) is 0 Å². The van der Waals surface area contributed by atoms with Crippen molar-refractivity contribution in [2.24, 2.45) is 0 Å². The van der Waals surface area contributed by atoms with Gasteiger partial charge in [-0.2, -0.15) is 0 Å². The van der Waals surface area contributed by atoms with E-state index in [9.17, 15) is 0 Å². The smallest absolute Gasteiger partial charge is 0.00660 e. The molecule has 0 spiro atoms. The maximum atomic E-state index is 2.48. The second-order valence-corrected chi connectivity index (χ2v) is 6.73. The summed E-state index contributed by atoms with van der Waals surface area (Å²) in [4.78, 5) is 0. The predicted molar refractivity (Wildman–Crippen MR) is 69.1 cm³/mol. The third-order valence-corrected chi connectivity index (χ3v) is 5.11. The molecule has 0 heteroatoms. The van der Waals surface area contributed by atoms with Crippen molar-refractivity contribution in [2.45, 2.75) is 64.2 Å². The van der Waals surface area contributed by atoms with Crippen molar-refractivity contribution in [3.05, 3.63) is 34.4 Å². The molecule has 0 saturated heterocycles. The molecule has 0 saturated carbocycles. The summed E-state index contributed by atoms with van der Waals surface area (Å²) >= 11 is 0. The van der Waals surface area contributed by atoms with Crippen LogP contribution in [0.15, 0.2) is 12.1 Å². The summed E-state index contributed by atoms with van der Waals surface area (Å²) in [7, 11) is 0. The topological polar surface area (TPSA) is 0 Å². The molecule has 1 aromatic carbocycles. The van der Waals surface area contributed by atoms with Gasteiger partial charge in [0, 0.05) is 0 Å². The van der Waals surface area contributed by atoms with Crippen LogP contribution in [-0.2, 0) is 17.3 Å². The Bertz CT molecular complexity index is 453. The molecule has 0 fully saturated rings. The fraction of sp³-hybridized carbons (Fsp3) is 0.625. The van der Waals surface area contributed by atoms with Crippen molar-refractivity contribution < 1.29 is 0 Å². The van der Waals surface area contributed by atoms with Gasteiger partial charge in [-0.05, 0) is 65.7 Å². The molecular formula is C16H22. The minimum absolute atomic E-state index is 0.391. The Hall–Kier alpha value is -0.780. The largest absolute Gasteiger partial charge is 0.0587 e. The van der Waals surface area contributed by atoms with Gasteiger partial charge in [-0.15, -0.1) is 0 Å². The molecule has 2 aliphatic rings. The molecule has 0 N–H and O–H groups in total. The van der Waals surface area contributed by atoms with Crippen LogP contribution in [0.4, 0.5) is 0 Å². The number of hydrogen-bond donors (Lipinski definition) is 0. The lowest BCUT2D eigenvalue weighted by molar-refractivity contribution is 0.315. The van der Waals surface area contributed by atoms with Gasteiger partial charge in [-0.25, -0.2) is 0 Å². The van der Waals surface area contributed by atoms with Crippen LogP contribution in [0.1, 0.15) is 62.3 Å². The molecule has 2 aliphatic carbocycles. The van der Waals surface area contributed by atoms with E-state index >= 15 is 0 Å². The zero-order chi connectivity index (χ0) is 11.6. The summed E-state index contributed by atoms with van der Waals surface area (Å²) in [6, 6.07) is 4.74. The van der Waals surface area contributed by atoms with Crippen LogP contribution in [0.25, 0.3) is 0 Å². The summed E-state index contributed by atoms with van der Waals surface area (Å²) < 4.78 is 0. The lowest BCUT2D eigenvalue weighted by Gasteiger charge is -2.41. The normalized spacial score (nSPS) is 30.2. The van der Waals surface area contributed by atoms with Crippen molar-refractivity contribution >= 4 is 0 Å². The number of aryl methyl sites for hydroxylation is 1. The fourth-order valence-corrected chi connectivity index (χ4v) is 3.83. The molecule has 0 aliphatic heterocycles. The second-order valence-electron chi connectivity index (χ2n) is 6.73. The van der Waals surface area contributed by atoms with Crippen molar-refractivity contribution in [1.29, 1.82) is 0 Å². The van der Waals surface area contributed by atoms with E-state index in [0.29, 0.717) is 10.8 Å². The molecule has 1 unspecified atom stereocenters. The van der Waals surface area contributed by atoms with Gasteiger partial charge in [0.2, 0.25) is 0 Å². The fourth-order valence-electron chi connectivity index (χ4n) is 3.83. The second kappa shape index (κ2) is 2.91. The van der Waals surface area contributed by atoms with Crippen molar-refractivity contribution in [3.63, 3.8) is 0 Å². The average molecular weight is 214 g/mol. The monoisotopic (exact) mass is 214 g/mol. The molecule has 3 rings (SSSR count). The Morgan fingerprint density at radius 1 is 1.00 bits per heavy atom. The molecule has 0 nitrogen and oxygen atoms in total. The average Bonchev–Trinajstić information content (AvgIpc) is 2.56. The van der Waals surface area contributed by atoms with Crippen LogP contribution < -0.4 is 0 Å². The van der Waals surface area contributed by atoms with E-state index in [0.717, 1.165) is 0 Å². The van der Waals surface area contributed by atoms with Gasteiger partial charge in [0.1, 0.15) is 0 Å². The first kappa shape index (κ1) is 10.4. The summed E-state index contributed by atoms with van der Waals surface area (Å²) in [5.41, 5.74) is 7.43. The van der Waals surface area contributed by atoms with Gasteiger partial charge in [0.25, 0.3) is 0 Å². The van der Waals surface area contributed by atoms with Crippen LogP contribution in [0.2, 0.25) is 0 Å². The SMILES string of the molecule is Cc1ccc2c3c1CCC3(C)CCC2(C)C. The van der Waals surface area contributed by atoms with Crippen LogP contribution in [-0.4, -0.2) is 0 Å². The minimum atomic E-state index is 0.391. The first-order valence-electron chi connectivity index (χ1n) is 6.57. The molecule has 0 amide bonds. The van der Waals surface area contributed by atoms with Crippen molar-refractivity contribution in [3.8, 4) is 0 Å². The predicted octanol–water partition coefficient (Wildman–Crippen LogP) is 4.27. The molecule has 0 radical (unpaired) electrons. The number of rotatable bonds is 0. The highest BCUT2D eigenvalue weighted by atomic mass is 14.5. The zero-order valence-electron chi connectivity index (χ0n) is 11.0.